The maximum absolute atomic E-state index is 12.5. The summed E-state index contributed by atoms with van der Waals surface area (Å²) < 4.78 is 5.73. The standard InChI is InChI=1S/C15H21N3O2/c19-14(18-9-4-12-3-1-2-7-17-12)15-6-10-20-13(15)5-8-16-11-15/h1-3,7,13,16H,4-6,8-11H2,(H,18,19)/t13-,15-/m1/s1. The molecule has 2 aliphatic rings. The van der Waals surface area contributed by atoms with E-state index in [2.05, 4.69) is 15.6 Å². The molecule has 2 saturated heterocycles. The Morgan fingerprint density at radius 1 is 1.55 bits per heavy atom. The SMILES string of the molecule is O=C(NCCc1ccccn1)[C@@]12CCO[C@@H]1CCNC2. The number of aromatic nitrogens is 1. The number of pyridine rings is 1. The van der Waals surface area contributed by atoms with Gasteiger partial charge in [0.1, 0.15) is 0 Å². The summed E-state index contributed by atoms with van der Waals surface area (Å²) in [7, 11) is 0. The maximum Gasteiger partial charge on any atom is 0.230 e. The summed E-state index contributed by atoms with van der Waals surface area (Å²) in [6, 6.07) is 5.85. The van der Waals surface area contributed by atoms with Crippen molar-refractivity contribution in [1.29, 1.82) is 0 Å². The van der Waals surface area contributed by atoms with Crippen LogP contribution in [0.25, 0.3) is 0 Å². The van der Waals surface area contributed by atoms with Gasteiger partial charge in [-0.15, -0.1) is 0 Å². The molecule has 0 radical (unpaired) electrons. The summed E-state index contributed by atoms with van der Waals surface area (Å²) in [6.45, 7) is 2.99. The molecule has 2 N–H and O–H groups in total. The lowest BCUT2D eigenvalue weighted by Gasteiger charge is -2.36. The third-order valence-electron chi connectivity index (χ3n) is 4.35. The molecule has 3 heterocycles. The lowest BCUT2D eigenvalue weighted by atomic mass is 9.76. The lowest BCUT2D eigenvalue weighted by Crippen LogP contribution is -2.56. The monoisotopic (exact) mass is 275 g/mol. The zero-order valence-corrected chi connectivity index (χ0v) is 11.6. The quantitative estimate of drug-likeness (QED) is 0.840. The summed E-state index contributed by atoms with van der Waals surface area (Å²) in [6.07, 6.45) is 4.37. The van der Waals surface area contributed by atoms with Gasteiger partial charge in [0.05, 0.1) is 11.5 Å². The molecule has 0 bridgehead atoms. The summed E-state index contributed by atoms with van der Waals surface area (Å²) in [4.78, 5) is 16.8. The van der Waals surface area contributed by atoms with Crippen LogP contribution in [0.15, 0.2) is 24.4 Å². The molecular formula is C15H21N3O2. The molecule has 3 rings (SSSR count). The van der Waals surface area contributed by atoms with Crippen LogP contribution < -0.4 is 10.6 Å². The third kappa shape index (κ3) is 2.55. The van der Waals surface area contributed by atoms with Crippen LogP contribution in [0.1, 0.15) is 18.5 Å². The maximum atomic E-state index is 12.5. The molecule has 0 aliphatic carbocycles. The number of nitrogens with zero attached hydrogens (tertiary/aromatic N) is 1. The van der Waals surface area contributed by atoms with Gasteiger partial charge in [-0.3, -0.25) is 9.78 Å². The van der Waals surface area contributed by atoms with Gasteiger partial charge in [0.25, 0.3) is 0 Å². The van der Waals surface area contributed by atoms with Gasteiger partial charge < -0.3 is 15.4 Å². The van der Waals surface area contributed by atoms with Crippen LogP contribution in [0.2, 0.25) is 0 Å². The van der Waals surface area contributed by atoms with Crippen LogP contribution in [0.4, 0.5) is 0 Å². The highest BCUT2D eigenvalue weighted by Crippen LogP contribution is 2.38. The Kier molecular flexibility index (Phi) is 3.98. The number of carbonyl (C=O) groups is 1. The van der Waals surface area contributed by atoms with E-state index in [1.807, 2.05) is 18.2 Å². The van der Waals surface area contributed by atoms with Crippen molar-refractivity contribution in [3.05, 3.63) is 30.1 Å². The molecule has 5 heteroatoms. The fraction of sp³-hybridized carbons (Fsp3) is 0.600. The lowest BCUT2D eigenvalue weighted by molar-refractivity contribution is -0.135. The second-order valence-corrected chi connectivity index (χ2v) is 5.56. The number of carbonyl (C=O) groups excluding carboxylic acids is 1. The van der Waals surface area contributed by atoms with Gasteiger partial charge in [-0.25, -0.2) is 0 Å². The summed E-state index contributed by atoms with van der Waals surface area (Å²) in [5.74, 6) is 0.128. The van der Waals surface area contributed by atoms with E-state index in [1.54, 1.807) is 6.20 Å². The number of amides is 1. The minimum absolute atomic E-state index is 0.0820. The number of fused-ring (bicyclic) bond motifs is 1. The molecule has 0 aromatic carbocycles. The zero-order valence-electron chi connectivity index (χ0n) is 11.6. The van der Waals surface area contributed by atoms with Crippen molar-refractivity contribution in [2.75, 3.05) is 26.2 Å². The van der Waals surface area contributed by atoms with E-state index in [9.17, 15) is 4.79 Å². The number of rotatable bonds is 4. The van der Waals surface area contributed by atoms with Crippen LogP contribution in [-0.4, -0.2) is 43.2 Å². The molecule has 0 saturated carbocycles. The third-order valence-corrected chi connectivity index (χ3v) is 4.35. The Morgan fingerprint density at radius 3 is 3.35 bits per heavy atom. The molecule has 2 fully saturated rings. The Labute approximate surface area is 119 Å². The second kappa shape index (κ2) is 5.89. The number of piperidine rings is 1. The molecule has 1 aromatic rings. The van der Waals surface area contributed by atoms with Crippen molar-refractivity contribution in [2.45, 2.75) is 25.4 Å². The highest BCUT2D eigenvalue weighted by molar-refractivity contribution is 5.84. The summed E-state index contributed by atoms with van der Waals surface area (Å²) in [5, 5.41) is 6.40. The molecule has 5 nitrogen and oxygen atoms in total. The summed E-state index contributed by atoms with van der Waals surface area (Å²) >= 11 is 0. The molecule has 0 unspecified atom stereocenters. The summed E-state index contributed by atoms with van der Waals surface area (Å²) in [5.41, 5.74) is 0.647. The van der Waals surface area contributed by atoms with Crippen molar-refractivity contribution < 1.29 is 9.53 Å². The van der Waals surface area contributed by atoms with Gasteiger partial charge in [0.15, 0.2) is 0 Å². The first-order valence-electron chi connectivity index (χ1n) is 7.32. The molecule has 0 spiro atoms. The molecule has 2 atom stereocenters. The van der Waals surface area contributed by atoms with Gasteiger partial charge in [0, 0.05) is 38.0 Å². The van der Waals surface area contributed by atoms with Crippen LogP contribution >= 0.6 is 0 Å². The van der Waals surface area contributed by atoms with Crippen molar-refractivity contribution >= 4 is 5.91 Å². The molecule has 108 valence electrons. The van der Waals surface area contributed by atoms with E-state index in [-0.39, 0.29) is 17.4 Å². The van der Waals surface area contributed by atoms with Crippen molar-refractivity contribution in [2.24, 2.45) is 5.41 Å². The van der Waals surface area contributed by atoms with Crippen LogP contribution in [0.3, 0.4) is 0 Å². The van der Waals surface area contributed by atoms with Crippen molar-refractivity contribution in [1.82, 2.24) is 15.6 Å². The van der Waals surface area contributed by atoms with Gasteiger partial charge in [-0.2, -0.15) is 0 Å². The van der Waals surface area contributed by atoms with Crippen molar-refractivity contribution in [3.8, 4) is 0 Å². The topological polar surface area (TPSA) is 63.2 Å². The highest BCUT2D eigenvalue weighted by atomic mass is 16.5. The predicted octanol–water partition coefficient (Wildman–Crippen LogP) is 0.509. The Bertz CT molecular complexity index is 465. The minimum atomic E-state index is -0.359. The second-order valence-electron chi connectivity index (χ2n) is 5.56. The number of hydrogen-bond acceptors (Lipinski definition) is 4. The first kappa shape index (κ1) is 13.5. The van der Waals surface area contributed by atoms with E-state index in [0.29, 0.717) is 13.2 Å². The fourth-order valence-electron chi connectivity index (χ4n) is 3.18. The van der Waals surface area contributed by atoms with Crippen LogP contribution in [-0.2, 0) is 16.0 Å². The largest absolute Gasteiger partial charge is 0.377 e. The van der Waals surface area contributed by atoms with E-state index in [0.717, 1.165) is 38.0 Å². The van der Waals surface area contributed by atoms with Crippen LogP contribution in [0, 0.1) is 5.41 Å². The average molecular weight is 275 g/mol. The highest BCUT2D eigenvalue weighted by Gasteiger charge is 2.51. The molecule has 2 aliphatic heterocycles. The Hall–Kier alpha value is -1.46. The number of nitrogens with one attached hydrogen (secondary N) is 2. The molecule has 20 heavy (non-hydrogen) atoms. The van der Waals surface area contributed by atoms with E-state index in [4.69, 9.17) is 4.74 Å². The van der Waals surface area contributed by atoms with Crippen LogP contribution in [0.5, 0.6) is 0 Å². The van der Waals surface area contributed by atoms with Gasteiger partial charge in [0.2, 0.25) is 5.91 Å². The predicted molar refractivity (Wildman–Crippen MR) is 75.2 cm³/mol. The van der Waals surface area contributed by atoms with Gasteiger partial charge in [-0.05, 0) is 31.5 Å². The van der Waals surface area contributed by atoms with E-state index < -0.39 is 0 Å². The Balaban J connectivity index is 1.56. The van der Waals surface area contributed by atoms with Gasteiger partial charge in [-0.1, -0.05) is 6.07 Å². The van der Waals surface area contributed by atoms with E-state index in [1.165, 1.54) is 0 Å². The minimum Gasteiger partial charge on any atom is -0.377 e. The molecule has 1 aromatic heterocycles. The first-order chi connectivity index (χ1) is 9.81. The van der Waals surface area contributed by atoms with Gasteiger partial charge >= 0.3 is 0 Å². The normalized spacial score (nSPS) is 28.9. The Morgan fingerprint density at radius 2 is 2.50 bits per heavy atom. The molecular weight excluding hydrogens is 254 g/mol. The number of ether oxygens (including phenoxy) is 1. The number of hydrogen-bond donors (Lipinski definition) is 2. The van der Waals surface area contributed by atoms with E-state index >= 15 is 0 Å². The zero-order chi connectivity index (χ0) is 13.8. The fourth-order valence-corrected chi connectivity index (χ4v) is 3.18. The first-order valence-corrected chi connectivity index (χ1v) is 7.32. The van der Waals surface area contributed by atoms with Crippen molar-refractivity contribution in [3.63, 3.8) is 0 Å². The smallest absolute Gasteiger partial charge is 0.230 e. The average Bonchev–Trinajstić information content (AvgIpc) is 2.93. The molecule has 1 amide bonds.